The molecule has 6 nitrogen and oxygen atoms in total. The molecule has 0 aromatic heterocycles. The Morgan fingerprint density at radius 3 is 2.33 bits per heavy atom. The van der Waals surface area contributed by atoms with E-state index >= 15 is 0 Å². The molecule has 6 heteroatoms. The van der Waals surface area contributed by atoms with Crippen LogP contribution in [0.25, 0.3) is 0 Å². The van der Waals surface area contributed by atoms with Gasteiger partial charge in [0.1, 0.15) is 0 Å². The number of amides is 3. The van der Waals surface area contributed by atoms with Crippen LogP contribution in [0.4, 0.5) is 4.79 Å². The van der Waals surface area contributed by atoms with Crippen LogP contribution in [-0.4, -0.2) is 48.1 Å². The monoisotopic (exact) mass is 254 g/mol. The fourth-order valence-electron chi connectivity index (χ4n) is 3.30. The number of fused-ring (bicyclic) bond motifs is 2. The van der Waals surface area contributed by atoms with Gasteiger partial charge < -0.3 is 11.1 Å². The molecule has 3 amide bonds. The van der Waals surface area contributed by atoms with Gasteiger partial charge in [0.25, 0.3) is 0 Å². The maximum absolute atomic E-state index is 12.0. The normalized spacial score (nSPS) is 32.9. The van der Waals surface area contributed by atoms with E-state index in [2.05, 4.69) is 15.5 Å². The van der Waals surface area contributed by atoms with E-state index < -0.39 is 6.03 Å². The average Bonchev–Trinajstić information content (AvgIpc) is 2.60. The maximum atomic E-state index is 12.0. The molecule has 0 aromatic carbocycles. The Hall–Kier alpha value is -1.14. The summed E-state index contributed by atoms with van der Waals surface area (Å²) in [5, 5.41) is 4.73. The lowest BCUT2D eigenvalue weighted by molar-refractivity contribution is -0.126. The zero-order valence-corrected chi connectivity index (χ0v) is 11.0. The molecule has 2 aliphatic rings. The highest BCUT2D eigenvalue weighted by Gasteiger charge is 2.43. The summed E-state index contributed by atoms with van der Waals surface area (Å²) in [4.78, 5) is 25.4. The van der Waals surface area contributed by atoms with Crippen molar-refractivity contribution >= 4 is 11.9 Å². The Morgan fingerprint density at radius 2 is 1.83 bits per heavy atom. The molecule has 4 N–H and O–H groups in total. The van der Waals surface area contributed by atoms with Crippen molar-refractivity contribution in [1.29, 1.82) is 0 Å². The smallest absolute Gasteiger partial charge is 0.321 e. The Kier molecular flexibility index (Phi) is 3.87. The minimum Gasteiger partial charge on any atom is -0.341 e. The lowest BCUT2D eigenvalue weighted by Gasteiger charge is -2.40. The summed E-state index contributed by atoms with van der Waals surface area (Å²) < 4.78 is 0. The summed E-state index contributed by atoms with van der Waals surface area (Å²) in [7, 11) is 1.50. The van der Waals surface area contributed by atoms with E-state index in [-0.39, 0.29) is 18.0 Å². The molecule has 0 aliphatic carbocycles. The van der Waals surface area contributed by atoms with Crippen molar-refractivity contribution in [3.63, 3.8) is 0 Å². The maximum Gasteiger partial charge on any atom is 0.321 e. The Labute approximate surface area is 107 Å². The van der Waals surface area contributed by atoms with Crippen LogP contribution in [0.5, 0.6) is 0 Å². The Balaban J connectivity index is 1.99. The van der Waals surface area contributed by atoms with Gasteiger partial charge in [0.2, 0.25) is 5.91 Å². The van der Waals surface area contributed by atoms with Crippen molar-refractivity contribution in [3.05, 3.63) is 0 Å². The highest BCUT2D eigenvalue weighted by atomic mass is 16.2. The zero-order valence-electron chi connectivity index (χ0n) is 11.0. The number of rotatable bonds is 2. The number of nitrogens with two attached hydrogens (primary N) is 1. The summed E-state index contributed by atoms with van der Waals surface area (Å²) >= 11 is 0. The number of hydrogen-bond donors (Lipinski definition) is 3. The van der Waals surface area contributed by atoms with Gasteiger partial charge in [-0.3, -0.25) is 15.0 Å². The van der Waals surface area contributed by atoms with Gasteiger partial charge in [-0.05, 0) is 32.6 Å². The summed E-state index contributed by atoms with van der Waals surface area (Å²) in [5.74, 6) is -0.235. The molecule has 0 radical (unpaired) electrons. The van der Waals surface area contributed by atoms with Gasteiger partial charge >= 0.3 is 6.03 Å². The van der Waals surface area contributed by atoms with Crippen LogP contribution in [0.2, 0.25) is 0 Å². The quantitative estimate of drug-likeness (QED) is 0.636. The Morgan fingerprint density at radius 1 is 1.28 bits per heavy atom. The molecule has 2 aliphatic heterocycles. The van der Waals surface area contributed by atoms with Gasteiger partial charge in [-0.1, -0.05) is 0 Å². The molecule has 102 valence electrons. The number of nitrogens with one attached hydrogen (secondary N) is 2. The largest absolute Gasteiger partial charge is 0.341 e. The fraction of sp³-hybridized carbons (Fsp3) is 0.833. The predicted octanol–water partition coefficient (Wildman–Crippen LogP) is -0.215. The van der Waals surface area contributed by atoms with Gasteiger partial charge in [-0.15, -0.1) is 0 Å². The van der Waals surface area contributed by atoms with E-state index in [9.17, 15) is 9.59 Å². The third-order valence-corrected chi connectivity index (χ3v) is 4.12. The second-order valence-electron chi connectivity index (χ2n) is 5.31. The third kappa shape index (κ3) is 2.49. The number of hydrogen-bond acceptors (Lipinski definition) is 4. The second kappa shape index (κ2) is 5.24. The fourth-order valence-corrected chi connectivity index (χ4v) is 3.30. The van der Waals surface area contributed by atoms with Gasteiger partial charge in [0.15, 0.2) is 0 Å². The van der Waals surface area contributed by atoms with Crippen molar-refractivity contribution in [2.45, 2.75) is 56.8 Å². The molecule has 0 aromatic rings. The predicted molar refractivity (Wildman–Crippen MR) is 67.9 cm³/mol. The van der Waals surface area contributed by atoms with E-state index in [0.29, 0.717) is 12.1 Å². The molecular formula is C12H22N4O2. The van der Waals surface area contributed by atoms with Crippen LogP contribution in [-0.2, 0) is 4.79 Å². The highest BCUT2D eigenvalue weighted by Crippen LogP contribution is 2.36. The number of imide groups is 1. The molecule has 2 bridgehead atoms. The van der Waals surface area contributed by atoms with Gasteiger partial charge in [-0.25, -0.2) is 4.79 Å². The van der Waals surface area contributed by atoms with Gasteiger partial charge in [0, 0.05) is 25.2 Å². The molecule has 2 rings (SSSR count). The number of piperidine rings is 1. The number of urea groups is 1. The molecule has 3 atom stereocenters. The van der Waals surface area contributed by atoms with E-state index in [1.54, 1.807) is 0 Å². The average molecular weight is 254 g/mol. The summed E-state index contributed by atoms with van der Waals surface area (Å²) in [6.07, 6.45) is 4.12. The standard InChI is InChI=1S/C12H22N4O2/c1-7(11(17)15-12(18)14-2)16-9-3-4-10(16)6-8(13)5-9/h7-10H,3-6,13H2,1-2H3,(H2,14,15,17,18). The van der Waals surface area contributed by atoms with Crippen LogP contribution in [0.3, 0.4) is 0 Å². The number of nitrogens with zero attached hydrogens (tertiary/aromatic N) is 1. The summed E-state index contributed by atoms with van der Waals surface area (Å²) in [6.45, 7) is 1.86. The first-order valence-electron chi connectivity index (χ1n) is 6.58. The first-order chi connectivity index (χ1) is 8.52. The number of carbonyl (C=O) groups excluding carboxylic acids is 2. The molecular weight excluding hydrogens is 232 g/mol. The van der Waals surface area contributed by atoms with E-state index in [4.69, 9.17) is 5.73 Å². The van der Waals surface area contributed by atoms with Crippen molar-refractivity contribution in [3.8, 4) is 0 Å². The van der Waals surface area contributed by atoms with Crippen LogP contribution in [0.1, 0.15) is 32.6 Å². The Bertz CT molecular complexity index is 333. The van der Waals surface area contributed by atoms with E-state index in [1.165, 1.54) is 7.05 Å². The van der Waals surface area contributed by atoms with Crippen molar-refractivity contribution in [1.82, 2.24) is 15.5 Å². The lowest BCUT2D eigenvalue weighted by atomic mass is 9.96. The van der Waals surface area contributed by atoms with Gasteiger partial charge in [-0.2, -0.15) is 0 Å². The zero-order chi connectivity index (χ0) is 13.3. The summed E-state index contributed by atoms with van der Waals surface area (Å²) in [6, 6.07) is 0.321. The van der Waals surface area contributed by atoms with E-state index in [0.717, 1.165) is 25.7 Å². The minimum atomic E-state index is -0.451. The van der Waals surface area contributed by atoms with Crippen LogP contribution in [0.15, 0.2) is 0 Å². The second-order valence-corrected chi connectivity index (χ2v) is 5.31. The first kappa shape index (κ1) is 13.3. The molecule has 18 heavy (non-hydrogen) atoms. The topological polar surface area (TPSA) is 87.5 Å². The lowest BCUT2D eigenvalue weighted by Crippen LogP contribution is -2.56. The van der Waals surface area contributed by atoms with Crippen LogP contribution in [0, 0.1) is 0 Å². The molecule has 2 saturated heterocycles. The third-order valence-electron chi connectivity index (χ3n) is 4.12. The molecule has 3 unspecified atom stereocenters. The van der Waals surface area contributed by atoms with Crippen LogP contribution < -0.4 is 16.4 Å². The SMILES string of the molecule is CNC(=O)NC(=O)C(C)N1C2CCC1CC(N)C2. The summed E-state index contributed by atoms with van der Waals surface area (Å²) in [5.41, 5.74) is 6.00. The van der Waals surface area contributed by atoms with Crippen molar-refractivity contribution in [2.24, 2.45) is 5.73 Å². The minimum absolute atomic E-state index is 0.235. The number of carbonyl (C=O) groups is 2. The van der Waals surface area contributed by atoms with Crippen LogP contribution >= 0.6 is 0 Å². The van der Waals surface area contributed by atoms with Gasteiger partial charge in [0.05, 0.1) is 6.04 Å². The van der Waals surface area contributed by atoms with E-state index in [1.807, 2.05) is 6.92 Å². The molecule has 2 fully saturated rings. The molecule has 0 saturated carbocycles. The first-order valence-corrected chi connectivity index (χ1v) is 6.58. The highest BCUT2D eigenvalue weighted by molar-refractivity contribution is 5.96. The molecule has 0 spiro atoms. The van der Waals surface area contributed by atoms with Crippen molar-refractivity contribution < 1.29 is 9.59 Å². The van der Waals surface area contributed by atoms with Crippen molar-refractivity contribution in [2.75, 3.05) is 7.05 Å². The molecule has 2 heterocycles.